The first-order valence-electron chi connectivity index (χ1n) is 10.4. The van der Waals surface area contributed by atoms with Gasteiger partial charge in [-0.25, -0.2) is 4.79 Å². The normalized spacial score (nSPS) is 14.6. The SMILES string of the molecule is Cc1cc(N2CCN(C(=O)c3c(C)cc(CCC(C)C)oc3=O)CC2)cc(C)n1. The third-order valence-corrected chi connectivity index (χ3v) is 5.38. The maximum absolute atomic E-state index is 13.0. The van der Waals surface area contributed by atoms with Crippen LogP contribution in [0, 0.1) is 26.7 Å². The summed E-state index contributed by atoms with van der Waals surface area (Å²) in [5.74, 6) is 0.963. The maximum Gasteiger partial charge on any atom is 0.349 e. The Labute approximate surface area is 172 Å². The first-order chi connectivity index (χ1) is 13.7. The molecule has 6 nitrogen and oxygen atoms in total. The van der Waals surface area contributed by atoms with Crippen LogP contribution in [0.3, 0.4) is 0 Å². The van der Waals surface area contributed by atoms with Gasteiger partial charge >= 0.3 is 5.63 Å². The molecule has 2 aromatic rings. The van der Waals surface area contributed by atoms with E-state index < -0.39 is 5.63 Å². The number of amides is 1. The highest BCUT2D eigenvalue weighted by molar-refractivity contribution is 5.95. The monoisotopic (exact) mass is 397 g/mol. The summed E-state index contributed by atoms with van der Waals surface area (Å²) in [5, 5.41) is 0. The lowest BCUT2D eigenvalue weighted by molar-refractivity contribution is 0.0741. The van der Waals surface area contributed by atoms with Gasteiger partial charge in [0, 0.05) is 49.7 Å². The van der Waals surface area contributed by atoms with Crippen LogP contribution in [0.5, 0.6) is 0 Å². The number of hydrogen-bond acceptors (Lipinski definition) is 5. The number of aryl methyl sites for hydroxylation is 4. The molecule has 0 aliphatic carbocycles. The maximum atomic E-state index is 13.0. The average molecular weight is 398 g/mol. The number of aromatic nitrogens is 1. The summed E-state index contributed by atoms with van der Waals surface area (Å²) in [5.41, 5.74) is 3.47. The van der Waals surface area contributed by atoms with Gasteiger partial charge in [-0.15, -0.1) is 0 Å². The van der Waals surface area contributed by atoms with Crippen molar-refractivity contribution in [1.29, 1.82) is 0 Å². The Morgan fingerprint density at radius 2 is 1.69 bits per heavy atom. The number of hydrogen-bond donors (Lipinski definition) is 0. The number of pyridine rings is 1. The van der Waals surface area contributed by atoms with Crippen molar-refractivity contribution in [2.24, 2.45) is 5.92 Å². The van der Waals surface area contributed by atoms with E-state index >= 15 is 0 Å². The van der Waals surface area contributed by atoms with Gasteiger partial charge in [-0.1, -0.05) is 13.8 Å². The molecule has 29 heavy (non-hydrogen) atoms. The van der Waals surface area contributed by atoms with Gasteiger partial charge in [0.2, 0.25) is 0 Å². The number of carbonyl (C=O) groups excluding carboxylic acids is 1. The van der Waals surface area contributed by atoms with Crippen LogP contribution in [-0.4, -0.2) is 42.0 Å². The number of anilines is 1. The molecule has 0 saturated carbocycles. The van der Waals surface area contributed by atoms with E-state index in [0.717, 1.165) is 36.6 Å². The van der Waals surface area contributed by atoms with Crippen molar-refractivity contribution < 1.29 is 9.21 Å². The van der Waals surface area contributed by atoms with Crippen molar-refractivity contribution in [3.63, 3.8) is 0 Å². The van der Waals surface area contributed by atoms with Gasteiger partial charge in [-0.05, 0) is 56.9 Å². The zero-order chi connectivity index (χ0) is 21.1. The molecule has 1 aliphatic rings. The Morgan fingerprint density at radius 3 is 2.24 bits per heavy atom. The lowest BCUT2D eigenvalue weighted by Crippen LogP contribution is -2.49. The quantitative estimate of drug-likeness (QED) is 0.772. The van der Waals surface area contributed by atoms with Gasteiger partial charge < -0.3 is 14.2 Å². The largest absolute Gasteiger partial charge is 0.427 e. The molecule has 3 heterocycles. The number of rotatable bonds is 5. The first-order valence-corrected chi connectivity index (χ1v) is 10.4. The fourth-order valence-electron chi connectivity index (χ4n) is 3.81. The predicted molar refractivity (Wildman–Crippen MR) is 115 cm³/mol. The van der Waals surface area contributed by atoms with Crippen LogP contribution in [-0.2, 0) is 6.42 Å². The molecular formula is C23H31N3O3. The van der Waals surface area contributed by atoms with Crippen LogP contribution in [0.2, 0.25) is 0 Å². The molecule has 0 atom stereocenters. The summed E-state index contributed by atoms with van der Waals surface area (Å²) in [6.45, 7) is 12.7. The summed E-state index contributed by atoms with van der Waals surface area (Å²) in [6.07, 6.45) is 1.66. The lowest BCUT2D eigenvalue weighted by atomic mass is 10.0. The predicted octanol–water partition coefficient (Wildman–Crippen LogP) is 3.51. The van der Waals surface area contributed by atoms with Gasteiger partial charge in [0.25, 0.3) is 5.91 Å². The Kier molecular flexibility index (Phi) is 6.40. The van der Waals surface area contributed by atoms with Crippen molar-refractivity contribution in [2.45, 2.75) is 47.5 Å². The Bertz CT molecular complexity index is 921. The van der Waals surface area contributed by atoms with E-state index in [1.807, 2.05) is 26.8 Å². The van der Waals surface area contributed by atoms with Crippen molar-refractivity contribution in [3.05, 3.63) is 56.9 Å². The molecule has 6 heteroatoms. The van der Waals surface area contributed by atoms with Gasteiger partial charge in [0.05, 0.1) is 0 Å². The van der Waals surface area contributed by atoms with Gasteiger partial charge in [-0.3, -0.25) is 9.78 Å². The lowest BCUT2D eigenvalue weighted by Gasteiger charge is -2.36. The van der Waals surface area contributed by atoms with Crippen LogP contribution < -0.4 is 10.5 Å². The summed E-state index contributed by atoms with van der Waals surface area (Å²) >= 11 is 0. The molecule has 1 saturated heterocycles. The van der Waals surface area contributed by atoms with Crippen molar-refractivity contribution in [2.75, 3.05) is 31.1 Å². The smallest absolute Gasteiger partial charge is 0.349 e. The molecule has 1 aliphatic heterocycles. The summed E-state index contributed by atoms with van der Waals surface area (Å²) in [4.78, 5) is 34.0. The second-order valence-electron chi connectivity index (χ2n) is 8.38. The fourth-order valence-corrected chi connectivity index (χ4v) is 3.81. The van der Waals surface area contributed by atoms with E-state index in [2.05, 4.69) is 35.9 Å². The summed E-state index contributed by atoms with van der Waals surface area (Å²) in [6, 6.07) is 5.98. The zero-order valence-corrected chi connectivity index (χ0v) is 18.1. The third kappa shape index (κ3) is 5.05. The van der Waals surface area contributed by atoms with E-state index in [9.17, 15) is 9.59 Å². The van der Waals surface area contributed by atoms with Gasteiger partial charge in [0.15, 0.2) is 0 Å². The Balaban J connectivity index is 1.70. The number of nitrogens with zero attached hydrogens (tertiary/aromatic N) is 3. The fraction of sp³-hybridized carbons (Fsp3) is 0.522. The van der Waals surface area contributed by atoms with Crippen LogP contribution in [0.1, 0.15) is 53.3 Å². The number of carbonyl (C=O) groups is 1. The zero-order valence-electron chi connectivity index (χ0n) is 18.1. The van der Waals surface area contributed by atoms with Crippen molar-refractivity contribution >= 4 is 11.6 Å². The van der Waals surface area contributed by atoms with Crippen LogP contribution in [0.4, 0.5) is 5.69 Å². The van der Waals surface area contributed by atoms with Gasteiger partial charge in [-0.2, -0.15) is 0 Å². The molecule has 0 aromatic carbocycles. The van der Waals surface area contributed by atoms with E-state index in [4.69, 9.17) is 4.42 Å². The molecular weight excluding hydrogens is 366 g/mol. The number of piperazine rings is 1. The molecule has 0 bridgehead atoms. The molecule has 3 rings (SSSR count). The molecule has 0 radical (unpaired) electrons. The van der Waals surface area contributed by atoms with E-state index in [-0.39, 0.29) is 11.5 Å². The minimum Gasteiger partial charge on any atom is -0.427 e. The van der Waals surface area contributed by atoms with Gasteiger partial charge in [0.1, 0.15) is 11.3 Å². The molecule has 0 N–H and O–H groups in total. The standard InChI is InChI=1S/C23H31N3O3/c1-15(2)6-7-20-12-16(3)21(23(28)29-20)22(27)26-10-8-25(9-11-26)19-13-17(4)24-18(5)14-19/h12-15H,6-11H2,1-5H3. The third-order valence-electron chi connectivity index (χ3n) is 5.38. The molecule has 1 fully saturated rings. The minimum atomic E-state index is -0.517. The molecule has 1 amide bonds. The minimum absolute atomic E-state index is 0.169. The highest BCUT2D eigenvalue weighted by Gasteiger charge is 2.26. The topological polar surface area (TPSA) is 66.7 Å². The highest BCUT2D eigenvalue weighted by Crippen LogP contribution is 2.20. The molecule has 2 aromatic heterocycles. The van der Waals surface area contributed by atoms with E-state index in [1.165, 1.54) is 0 Å². The average Bonchev–Trinajstić information content (AvgIpc) is 2.65. The highest BCUT2D eigenvalue weighted by atomic mass is 16.4. The molecule has 156 valence electrons. The summed E-state index contributed by atoms with van der Waals surface area (Å²) in [7, 11) is 0. The second kappa shape index (κ2) is 8.80. The van der Waals surface area contributed by atoms with E-state index in [0.29, 0.717) is 36.8 Å². The Hall–Kier alpha value is -2.63. The second-order valence-corrected chi connectivity index (χ2v) is 8.38. The molecule has 0 unspecified atom stereocenters. The van der Waals surface area contributed by atoms with Crippen LogP contribution >= 0.6 is 0 Å². The van der Waals surface area contributed by atoms with Crippen LogP contribution in [0.25, 0.3) is 0 Å². The molecule has 0 spiro atoms. The van der Waals surface area contributed by atoms with E-state index in [1.54, 1.807) is 4.90 Å². The van der Waals surface area contributed by atoms with Crippen molar-refractivity contribution in [1.82, 2.24) is 9.88 Å². The van der Waals surface area contributed by atoms with Crippen LogP contribution in [0.15, 0.2) is 27.4 Å². The summed E-state index contributed by atoms with van der Waals surface area (Å²) < 4.78 is 5.45. The Morgan fingerprint density at radius 1 is 1.07 bits per heavy atom. The first kappa shape index (κ1) is 21.1. The van der Waals surface area contributed by atoms with Crippen molar-refractivity contribution in [3.8, 4) is 0 Å².